The number of aliphatic imine (C=N–C) groups is 1. The molecule has 1 aromatic carbocycles. The third kappa shape index (κ3) is 8.59. The normalized spacial score (nSPS) is 14.5. The van der Waals surface area contributed by atoms with Gasteiger partial charge in [0.1, 0.15) is 0 Å². The van der Waals surface area contributed by atoms with Crippen molar-refractivity contribution in [3.63, 3.8) is 0 Å². The molecule has 0 radical (unpaired) electrons. The summed E-state index contributed by atoms with van der Waals surface area (Å²) >= 11 is 1.87. The number of unbranched alkanes of at least 4 members (excludes halogenated alkanes) is 1. The molecule has 0 unspecified atom stereocenters. The largest absolute Gasteiger partial charge is 0.368 e. The number of halogens is 1. The topological polar surface area (TPSA) is 60.0 Å². The highest BCUT2D eigenvalue weighted by molar-refractivity contribution is 14.0. The number of benzene rings is 1. The zero-order valence-corrected chi connectivity index (χ0v) is 19.5. The third-order valence-corrected chi connectivity index (χ3v) is 5.15. The van der Waals surface area contributed by atoms with Gasteiger partial charge in [0, 0.05) is 45.5 Å². The molecule has 0 bridgehead atoms. The molecule has 2 rings (SSSR count). The van der Waals surface area contributed by atoms with Crippen molar-refractivity contribution < 1.29 is 4.79 Å². The Morgan fingerprint density at radius 2 is 1.81 bits per heavy atom. The summed E-state index contributed by atoms with van der Waals surface area (Å²) in [6.07, 6.45) is 4.42. The number of para-hydroxylation sites is 1. The number of carbonyl (C=O) groups excluding carboxylic acids is 1. The van der Waals surface area contributed by atoms with E-state index in [9.17, 15) is 4.79 Å². The molecule has 1 aromatic rings. The standard InChI is InChI=1S/C19H31N5OS.HI/c1-20-19(21-10-6-7-15-26-2)22-16-18(25)24-13-11-23(12-14-24)17-8-4-3-5-9-17;/h3-5,8-9H,6-7,10-16H2,1-2H3,(H2,20,21,22);1H. The molecule has 0 aromatic heterocycles. The fourth-order valence-electron chi connectivity index (χ4n) is 2.92. The number of hydrogen-bond donors (Lipinski definition) is 2. The predicted molar refractivity (Wildman–Crippen MR) is 128 cm³/mol. The summed E-state index contributed by atoms with van der Waals surface area (Å²) in [5.74, 6) is 2.01. The van der Waals surface area contributed by atoms with E-state index in [2.05, 4.69) is 51.0 Å². The van der Waals surface area contributed by atoms with Gasteiger partial charge in [-0.1, -0.05) is 18.2 Å². The number of hydrogen-bond acceptors (Lipinski definition) is 4. The van der Waals surface area contributed by atoms with Crippen molar-refractivity contribution in [3.8, 4) is 0 Å². The summed E-state index contributed by atoms with van der Waals surface area (Å²) < 4.78 is 0. The number of thioether (sulfide) groups is 1. The lowest BCUT2D eigenvalue weighted by molar-refractivity contribution is -0.130. The molecule has 27 heavy (non-hydrogen) atoms. The van der Waals surface area contributed by atoms with Gasteiger partial charge in [0.15, 0.2) is 5.96 Å². The summed E-state index contributed by atoms with van der Waals surface area (Å²) in [5, 5.41) is 6.39. The van der Waals surface area contributed by atoms with Crippen LogP contribution in [0.3, 0.4) is 0 Å². The fraction of sp³-hybridized carbons (Fsp3) is 0.579. The number of piperazine rings is 1. The fourth-order valence-corrected chi connectivity index (χ4v) is 3.42. The third-order valence-electron chi connectivity index (χ3n) is 4.45. The van der Waals surface area contributed by atoms with Crippen molar-refractivity contribution in [1.82, 2.24) is 15.5 Å². The first-order chi connectivity index (χ1) is 12.7. The van der Waals surface area contributed by atoms with Gasteiger partial charge in [-0.2, -0.15) is 11.8 Å². The Labute approximate surface area is 184 Å². The van der Waals surface area contributed by atoms with Gasteiger partial charge < -0.3 is 20.4 Å². The van der Waals surface area contributed by atoms with Crippen LogP contribution in [0.5, 0.6) is 0 Å². The van der Waals surface area contributed by atoms with Crippen molar-refractivity contribution in [3.05, 3.63) is 30.3 Å². The molecule has 152 valence electrons. The van der Waals surface area contributed by atoms with Gasteiger partial charge >= 0.3 is 0 Å². The Bertz CT molecular complexity index is 564. The Morgan fingerprint density at radius 3 is 2.44 bits per heavy atom. The van der Waals surface area contributed by atoms with Crippen molar-refractivity contribution in [1.29, 1.82) is 0 Å². The number of amides is 1. The second-order valence-corrected chi connectivity index (χ2v) is 7.24. The quantitative estimate of drug-likeness (QED) is 0.246. The van der Waals surface area contributed by atoms with E-state index < -0.39 is 0 Å². The smallest absolute Gasteiger partial charge is 0.242 e. The highest BCUT2D eigenvalue weighted by Crippen LogP contribution is 2.15. The van der Waals surface area contributed by atoms with E-state index in [1.807, 2.05) is 22.7 Å². The average molecular weight is 505 g/mol. The second kappa shape index (κ2) is 13.9. The molecule has 1 saturated heterocycles. The maximum atomic E-state index is 12.4. The van der Waals surface area contributed by atoms with E-state index in [1.54, 1.807) is 7.05 Å². The minimum absolute atomic E-state index is 0. The Kier molecular flexibility index (Phi) is 12.3. The minimum Gasteiger partial charge on any atom is -0.368 e. The molecule has 6 nitrogen and oxygen atoms in total. The summed E-state index contributed by atoms with van der Waals surface area (Å²) in [6, 6.07) is 10.4. The van der Waals surface area contributed by atoms with Gasteiger partial charge in [-0.05, 0) is 37.0 Å². The van der Waals surface area contributed by atoms with Gasteiger partial charge in [0.25, 0.3) is 0 Å². The van der Waals surface area contributed by atoms with E-state index in [-0.39, 0.29) is 36.4 Å². The predicted octanol–water partition coefficient (Wildman–Crippen LogP) is 2.26. The van der Waals surface area contributed by atoms with E-state index in [4.69, 9.17) is 0 Å². The van der Waals surface area contributed by atoms with Crippen LogP contribution in [-0.2, 0) is 4.79 Å². The Morgan fingerprint density at radius 1 is 1.11 bits per heavy atom. The molecule has 1 aliphatic rings. The zero-order chi connectivity index (χ0) is 18.6. The van der Waals surface area contributed by atoms with Gasteiger partial charge in [0.05, 0.1) is 6.54 Å². The molecule has 1 amide bonds. The van der Waals surface area contributed by atoms with Gasteiger partial charge in [0.2, 0.25) is 5.91 Å². The second-order valence-electron chi connectivity index (χ2n) is 6.26. The van der Waals surface area contributed by atoms with Crippen LogP contribution >= 0.6 is 35.7 Å². The van der Waals surface area contributed by atoms with E-state index >= 15 is 0 Å². The van der Waals surface area contributed by atoms with Gasteiger partial charge in [-0.15, -0.1) is 24.0 Å². The highest BCUT2D eigenvalue weighted by atomic mass is 127. The average Bonchev–Trinajstić information content (AvgIpc) is 2.70. The number of anilines is 1. The first kappa shape index (κ1) is 23.9. The van der Waals surface area contributed by atoms with Crippen LogP contribution < -0.4 is 15.5 Å². The molecule has 1 aliphatic heterocycles. The van der Waals surface area contributed by atoms with Crippen molar-refractivity contribution in [2.45, 2.75) is 12.8 Å². The molecule has 0 spiro atoms. The van der Waals surface area contributed by atoms with E-state index in [0.29, 0.717) is 5.96 Å². The number of carbonyl (C=O) groups is 1. The molecule has 0 atom stereocenters. The molecule has 2 N–H and O–H groups in total. The van der Waals surface area contributed by atoms with Crippen LogP contribution in [0.4, 0.5) is 5.69 Å². The van der Waals surface area contributed by atoms with Crippen LogP contribution in [-0.4, -0.2) is 75.1 Å². The van der Waals surface area contributed by atoms with Crippen LogP contribution in [0, 0.1) is 0 Å². The van der Waals surface area contributed by atoms with Gasteiger partial charge in [-0.25, -0.2) is 0 Å². The number of rotatable bonds is 8. The maximum Gasteiger partial charge on any atom is 0.242 e. The first-order valence-electron chi connectivity index (χ1n) is 9.26. The lowest BCUT2D eigenvalue weighted by Crippen LogP contribution is -2.52. The SMILES string of the molecule is CN=C(NCCCCSC)NCC(=O)N1CCN(c2ccccc2)CC1.I. The van der Waals surface area contributed by atoms with Crippen molar-refractivity contribution in [2.24, 2.45) is 4.99 Å². The lowest BCUT2D eigenvalue weighted by Gasteiger charge is -2.36. The highest BCUT2D eigenvalue weighted by Gasteiger charge is 2.21. The first-order valence-corrected chi connectivity index (χ1v) is 10.6. The number of guanidine groups is 1. The molecular formula is C19H32IN5OS. The van der Waals surface area contributed by atoms with Crippen molar-refractivity contribution >= 4 is 53.3 Å². The summed E-state index contributed by atoms with van der Waals surface area (Å²) in [5.41, 5.74) is 1.23. The summed E-state index contributed by atoms with van der Waals surface area (Å²) in [6.45, 7) is 4.43. The summed E-state index contributed by atoms with van der Waals surface area (Å²) in [4.78, 5) is 20.9. The number of nitrogens with zero attached hydrogens (tertiary/aromatic N) is 3. The minimum atomic E-state index is 0. The van der Waals surface area contributed by atoms with E-state index in [0.717, 1.165) is 39.1 Å². The zero-order valence-electron chi connectivity index (χ0n) is 16.3. The van der Waals surface area contributed by atoms with Crippen LogP contribution in [0.1, 0.15) is 12.8 Å². The van der Waals surface area contributed by atoms with Crippen molar-refractivity contribution in [2.75, 3.05) is 63.2 Å². The molecule has 8 heteroatoms. The molecule has 1 heterocycles. The molecule has 1 fully saturated rings. The number of nitrogens with one attached hydrogen (secondary N) is 2. The Hall–Kier alpha value is -1.16. The molecule has 0 saturated carbocycles. The van der Waals surface area contributed by atoms with Gasteiger partial charge in [-0.3, -0.25) is 9.79 Å². The Balaban J connectivity index is 0.00000364. The van der Waals surface area contributed by atoms with Crippen LogP contribution in [0.2, 0.25) is 0 Å². The van der Waals surface area contributed by atoms with Crippen LogP contribution in [0.15, 0.2) is 35.3 Å². The molecular weight excluding hydrogens is 473 g/mol. The maximum absolute atomic E-state index is 12.4. The monoisotopic (exact) mass is 505 g/mol. The molecule has 0 aliphatic carbocycles. The lowest BCUT2D eigenvalue weighted by atomic mass is 10.2. The van der Waals surface area contributed by atoms with Crippen LogP contribution in [0.25, 0.3) is 0 Å². The van der Waals surface area contributed by atoms with E-state index in [1.165, 1.54) is 17.9 Å². The summed E-state index contributed by atoms with van der Waals surface area (Å²) in [7, 11) is 1.74.